The molecule has 0 radical (unpaired) electrons. The van der Waals surface area contributed by atoms with Crippen LogP contribution in [0.5, 0.6) is 0 Å². The average Bonchev–Trinajstić information content (AvgIpc) is 1.93. The van der Waals surface area contributed by atoms with E-state index < -0.39 is 33.5 Å². The van der Waals surface area contributed by atoms with E-state index in [-0.39, 0.29) is 0 Å². The van der Waals surface area contributed by atoms with Crippen molar-refractivity contribution in [1.29, 1.82) is 0 Å². The molecular formula is C4H2F3N3O2S. The zero-order valence-electron chi connectivity index (χ0n) is 5.81. The summed E-state index contributed by atoms with van der Waals surface area (Å²) in [6.07, 6.45) is 0. The standard InChI is InChI=1S/C4H2F3N3O2S/c5-4(6,7)13-2-1(11)8-3(12)10-9-2/h(H2,8,10,11,12). The van der Waals surface area contributed by atoms with Gasteiger partial charge in [0.05, 0.1) is 0 Å². The number of alkyl halides is 3. The summed E-state index contributed by atoms with van der Waals surface area (Å²) in [5, 5.41) is 3.77. The highest BCUT2D eigenvalue weighted by Gasteiger charge is 2.31. The third kappa shape index (κ3) is 2.93. The Kier molecular flexibility index (Phi) is 2.45. The van der Waals surface area contributed by atoms with Crippen molar-refractivity contribution < 1.29 is 13.2 Å². The minimum Gasteiger partial charge on any atom is -0.271 e. The molecule has 1 aromatic rings. The van der Waals surface area contributed by atoms with E-state index in [9.17, 15) is 22.8 Å². The van der Waals surface area contributed by atoms with Crippen LogP contribution in [0.4, 0.5) is 13.2 Å². The molecule has 72 valence electrons. The van der Waals surface area contributed by atoms with Crippen LogP contribution in [0.1, 0.15) is 0 Å². The lowest BCUT2D eigenvalue weighted by molar-refractivity contribution is -0.0330. The third-order valence-electron chi connectivity index (χ3n) is 0.893. The van der Waals surface area contributed by atoms with Crippen LogP contribution in [0, 0.1) is 0 Å². The van der Waals surface area contributed by atoms with Crippen molar-refractivity contribution in [2.75, 3.05) is 0 Å². The van der Waals surface area contributed by atoms with Crippen LogP contribution in [-0.2, 0) is 0 Å². The highest BCUT2D eigenvalue weighted by molar-refractivity contribution is 8.00. The van der Waals surface area contributed by atoms with Gasteiger partial charge in [0.15, 0.2) is 5.03 Å². The fourth-order valence-electron chi connectivity index (χ4n) is 0.516. The number of H-pyrrole nitrogens is 2. The van der Waals surface area contributed by atoms with Gasteiger partial charge in [0.1, 0.15) is 0 Å². The number of aromatic amines is 2. The van der Waals surface area contributed by atoms with Crippen molar-refractivity contribution in [3.63, 3.8) is 0 Å². The van der Waals surface area contributed by atoms with E-state index in [1.165, 1.54) is 0 Å². The molecule has 9 heteroatoms. The Hall–Kier alpha value is -1.25. The number of aromatic nitrogens is 3. The molecule has 1 aromatic heterocycles. The fraction of sp³-hybridized carbons (Fsp3) is 0.250. The van der Waals surface area contributed by atoms with E-state index >= 15 is 0 Å². The minimum absolute atomic E-state index is 0.689. The SMILES string of the molecule is O=c1[nH]nc(SC(F)(F)F)c(=O)[nH]1. The number of nitrogens with one attached hydrogen (secondary N) is 2. The molecule has 5 nitrogen and oxygen atoms in total. The summed E-state index contributed by atoms with van der Waals surface area (Å²) in [5.41, 5.74) is -6.71. The van der Waals surface area contributed by atoms with Crippen molar-refractivity contribution >= 4 is 11.8 Å². The fourth-order valence-corrected chi connectivity index (χ4v) is 0.970. The summed E-state index contributed by atoms with van der Waals surface area (Å²) in [6.45, 7) is 0. The molecule has 0 aliphatic heterocycles. The molecular weight excluding hydrogens is 211 g/mol. The summed E-state index contributed by atoms with van der Waals surface area (Å²) in [6, 6.07) is 0. The lowest BCUT2D eigenvalue weighted by Crippen LogP contribution is -2.26. The molecule has 0 amide bonds. The van der Waals surface area contributed by atoms with Crippen LogP contribution >= 0.6 is 11.8 Å². The first-order chi connectivity index (χ1) is 5.88. The molecule has 0 aromatic carbocycles. The summed E-state index contributed by atoms with van der Waals surface area (Å²) in [5.74, 6) is 0. The lowest BCUT2D eigenvalue weighted by Gasteiger charge is -2.01. The molecule has 0 bridgehead atoms. The Balaban J connectivity index is 3.04. The van der Waals surface area contributed by atoms with Crippen LogP contribution < -0.4 is 11.2 Å². The zero-order chi connectivity index (χ0) is 10.1. The van der Waals surface area contributed by atoms with Gasteiger partial charge in [0, 0.05) is 11.8 Å². The van der Waals surface area contributed by atoms with Crippen LogP contribution in [0.2, 0.25) is 0 Å². The number of nitrogens with zero attached hydrogens (tertiary/aromatic N) is 1. The molecule has 0 saturated carbocycles. The van der Waals surface area contributed by atoms with Crippen LogP contribution in [0.15, 0.2) is 14.6 Å². The van der Waals surface area contributed by atoms with Crippen molar-refractivity contribution in [2.45, 2.75) is 10.5 Å². The lowest BCUT2D eigenvalue weighted by atomic mass is 10.8. The van der Waals surface area contributed by atoms with Gasteiger partial charge in [-0.15, -0.1) is 0 Å². The maximum absolute atomic E-state index is 11.7. The topological polar surface area (TPSA) is 78.6 Å². The van der Waals surface area contributed by atoms with Gasteiger partial charge in [0.2, 0.25) is 0 Å². The van der Waals surface area contributed by atoms with Crippen molar-refractivity contribution in [3.05, 3.63) is 20.8 Å². The second-order valence-electron chi connectivity index (χ2n) is 1.86. The van der Waals surface area contributed by atoms with Crippen molar-refractivity contribution in [2.24, 2.45) is 0 Å². The number of thioether (sulfide) groups is 1. The number of hydrogen-bond acceptors (Lipinski definition) is 4. The van der Waals surface area contributed by atoms with Gasteiger partial charge < -0.3 is 0 Å². The Labute approximate surface area is 72.4 Å². The first kappa shape index (κ1) is 9.84. The second kappa shape index (κ2) is 3.24. The van der Waals surface area contributed by atoms with Gasteiger partial charge in [-0.25, -0.2) is 9.89 Å². The Morgan fingerprint density at radius 3 is 2.38 bits per heavy atom. The highest BCUT2D eigenvalue weighted by Crippen LogP contribution is 2.33. The van der Waals surface area contributed by atoms with E-state index in [0.29, 0.717) is 0 Å². The molecule has 0 aliphatic rings. The molecule has 0 unspecified atom stereocenters. The van der Waals surface area contributed by atoms with Crippen molar-refractivity contribution in [3.8, 4) is 0 Å². The summed E-state index contributed by atoms with van der Waals surface area (Å²) in [7, 11) is 0. The van der Waals surface area contributed by atoms with E-state index in [1.54, 1.807) is 10.1 Å². The summed E-state index contributed by atoms with van der Waals surface area (Å²) in [4.78, 5) is 22.6. The molecule has 13 heavy (non-hydrogen) atoms. The highest BCUT2D eigenvalue weighted by atomic mass is 32.2. The molecule has 0 aliphatic carbocycles. The molecule has 0 saturated heterocycles. The summed E-state index contributed by atoms with van der Waals surface area (Å²) >= 11 is -0.689. The monoisotopic (exact) mass is 213 g/mol. The number of rotatable bonds is 1. The largest absolute Gasteiger partial charge is 0.448 e. The van der Waals surface area contributed by atoms with Gasteiger partial charge in [-0.3, -0.25) is 9.78 Å². The maximum atomic E-state index is 11.7. The quantitative estimate of drug-likeness (QED) is 0.647. The van der Waals surface area contributed by atoms with Gasteiger partial charge >= 0.3 is 11.2 Å². The third-order valence-corrected chi connectivity index (χ3v) is 1.59. The first-order valence-electron chi connectivity index (χ1n) is 2.83. The van der Waals surface area contributed by atoms with Crippen molar-refractivity contribution in [1.82, 2.24) is 15.2 Å². The van der Waals surface area contributed by atoms with Crippen LogP contribution in [0.3, 0.4) is 0 Å². The zero-order valence-corrected chi connectivity index (χ0v) is 6.62. The number of hydrogen-bond donors (Lipinski definition) is 2. The Morgan fingerprint density at radius 2 is 1.92 bits per heavy atom. The average molecular weight is 213 g/mol. The minimum atomic E-state index is -4.60. The van der Waals surface area contributed by atoms with E-state index in [4.69, 9.17) is 0 Å². The predicted molar refractivity (Wildman–Crippen MR) is 37.4 cm³/mol. The first-order valence-corrected chi connectivity index (χ1v) is 3.65. The van der Waals surface area contributed by atoms with E-state index in [2.05, 4.69) is 5.10 Å². The smallest absolute Gasteiger partial charge is 0.271 e. The Bertz CT molecular complexity index is 408. The molecule has 1 heterocycles. The van der Waals surface area contributed by atoms with E-state index in [1.807, 2.05) is 0 Å². The summed E-state index contributed by atoms with van der Waals surface area (Å²) < 4.78 is 35.1. The van der Waals surface area contributed by atoms with Gasteiger partial charge in [-0.2, -0.15) is 18.3 Å². The molecule has 0 atom stereocenters. The van der Waals surface area contributed by atoms with Gasteiger partial charge in [0.25, 0.3) is 5.56 Å². The Morgan fingerprint density at radius 1 is 1.31 bits per heavy atom. The second-order valence-corrected chi connectivity index (χ2v) is 2.91. The van der Waals surface area contributed by atoms with Crippen LogP contribution in [0.25, 0.3) is 0 Å². The molecule has 0 spiro atoms. The number of halogens is 3. The maximum Gasteiger partial charge on any atom is 0.448 e. The van der Waals surface area contributed by atoms with Gasteiger partial charge in [-0.1, -0.05) is 0 Å². The van der Waals surface area contributed by atoms with E-state index in [0.717, 1.165) is 0 Å². The normalized spacial score (nSPS) is 11.6. The predicted octanol–water partition coefficient (Wildman–Crippen LogP) is 0.0701. The molecule has 1 rings (SSSR count). The van der Waals surface area contributed by atoms with Gasteiger partial charge in [-0.05, 0) is 0 Å². The van der Waals surface area contributed by atoms with Crippen LogP contribution in [-0.4, -0.2) is 20.7 Å². The molecule has 0 fully saturated rings. The molecule has 2 N–H and O–H groups in total.